The van der Waals surface area contributed by atoms with Crippen LogP contribution in [0.1, 0.15) is 130 Å². The number of aromatic nitrogens is 10. The molecule has 29 heteroatoms. The number of hydrogen-bond donors (Lipinski definition) is 0. The van der Waals surface area contributed by atoms with Gasteiger partial charge < -0.3 is 57.5 Å². The van der Waals surface area contributed by atoms with Crippen LogP contribution in [0.5, 0.6) is 0 Å². The summed E-state index contributed by atoms with van der Waals surface area (Å²) in [5, 5.41) is 18.0. The molecule has 0 unspecified atom stereocenters. The lowest BCUT2D eigenvalue weighted by Gasteiger charge is -2.33. The Bertz CT molecular complexity index is 3520. The minimum absolute atomic E-state index is 0.187. The van der Waals surface area contributed by atoms with Gasteiger partial charge in [0.05, 0.1) is 39.6 Å². The smallest absolute Gasteiger partial charge is 0.410 e. The zero-order chi connectivity index (χ0) is 74.0. The monoisotopic (exact) mass is 1570 g/mol. The predicted octanol–water partition coefficient (Wildman–Crippen LogP) is 15.6. The third kappa shape index (κ3) is 25.5. The number of ether oxygens (including phenoxy) is 8. The number of hydrogen-bond acceptors (Lipinski definition) is 18. The van der Waals surface area contributed by atoms with Crippen molar-refractivity contribution in [1.29, 1.82) is 0 Å². The Morgan fingerprint density at radius 1 is 0.530 bits per heavy atom. The Morgan fingerprint density at radius 3 is 1.24 bits per heavy atom. The van der Waals surface area contributed by atoms with Gasteiger partial charge in [-0.05, 0) is 142 Å². The highest BCUT2D eigenvalue weighted by molar-refractivity contribution is 14.1. The zero-order valence-corrected chi connectivity index (χ0v) is 71.4. The fraction of sp³-hybridized carbons (Fsp3) is 0.718. The molecular formula is C71H123IN14O10Si4. The number of halogens is 1. The molecule has 0 radical (unpaired) electrons. The zero-order valence-electron chi connectivity index (χ0n) is 65.2. The Kier molecular flexibility index (Phi) is 28.3. The fourth-order valence-corrected chi connectivity index (χ4v) is 14.5. The number of anilines is 2. The molecule has 9 rings (SSSR count). The third-order valence-electron chi connectivity index (χ3n) is 17.9. The molecule has 100 heavy (non-hydrogen) atoms. The normalized spacial score (nSPS) is 16.8. The van der Waals surface area contributed by atoms with Crippen LogP contribution in [0.2, 0.25) is 103 Å². The summed E-state index contributed by atoms with van der Waals surface area (Å²) in [6.45, 7) is 55.1. The maximum absolute atomic E-state index is 12.8. The second-order valence-corrected chi connectivity index (χ2v) is 58.6. The van der Waals surface area contributed by atoms with Crippen molar-refractivity contribution in [2.75, 3.05) is 89.3 Å². The van der Waals surface area contributed by atoms with E-state index in [1.165, 1.54) is 0 Å². The number of fused-ring (bicyclic) bond motifs is 2. The van der Waals surface area contributed by atoms with Crippen LogP contribution in [0.4, 0.5) is 21.2 Å². The lowest BCUT2D eigenvalue weighted by atomic mass is 9.90. The molecule has 6 aromatic heterocycles. The number of likely N-dealkylation sites (tertiary alicyclic amines) is 2. The van der Waals surface area contributed by atoms with E-state index in [0.29, 0.717) is 66.3 Å². The van der Waals surface area contributed by atoms with Crippen molar-refractivity contribution in [2.24, 2.45) is 14.1 Å². The molecular weight excluding hydrogens is 1450 g/mol. The number of rotatable bonds is 26. The van der Waals surface area contributed by atoms with E-state index >= 15 is 0 Å². The Labute approximate surface area is 614 Å². The lowest BCUT2D eigenvalue weighted by molar-refractivity contribution is -0.0896. The van der Waals surface area contributed by atoms with E-state index in [9.17, 15) is 9.59 Å². The van der Waals surface area contributed by atoms with E-state index in [-0.39, 0.29) is 41.5 Å². The van der Waals surface area contributed by atoms with Gasteiger partial charge in [0.2, 0.25) is 0 Å². The second-order valence-electron chi connectivity index (χ2n) is 35.0. The molecule has 0 saturated carbocycles. The number of nitrogens with zero attached hydrogens (tertiary/aromatic N) is 14. The average molecular weight is 1570 g/mol. The van der Waals surface area contributed by atoms with Gasteiger partial charge in [-0.3, -0.25) is 9.36 Å². The van der Waals surface area contributed by atoms with Crippen molar-refractivity contribution in [3.05, 3.63) is 69.8 Å². The molecule has 560 valence electrons. The highest BCUT2D eigenvalue weighted by Gasteiger charge is 2.50. The van der Waals surface area contributed by atoms with Crippen LogP contribution in [-0.4, -0.2) is 205 Å². The van der Waals surface area contributed by atoms with Crippen molar-refractivity contribution < 1.29 is 47.5 Å². The highest BCUT2D eigenvalue weighted by Crippen LogP contribution is 2.45. The molecule has 0 spiro atoms. The summed E-state index contributed by atoms with van der Waals surface area (Å²) in [6, 6.07) is 8.71. The van der Waals surface area contributed by atoms with Crippen molar-refractivity contribution in [3.63, 3.8) is 0 Å². The summed E-state index contributed by atoms with van der Waals surface area (Å²) in [5.74, 6) is 2.25. The van der Waals surface area contributed by atoms with E-state index in [2.05, 4.69) is 138 Å². The quantitative estimate of drug-likeness (QED) is 0.0213. The molecule has 0 bridgehead atoms. The van der Waals surface area contributed by atoms with Crippen molar-refractivity contribution in [1.82, 2.24) is 58.6 Å². The minimum atomic E-state index is -1.24. The fourth-order valence-electron chi connectivity index (χ4n) is 11.0. The van der Waals surface area contributed by atoms with Gasteiger partial charge in [0.15, 0.2) is 17.6 Å². The van der Waals surface area contributed by atoms with E-state index in [0.717, 1.165) is 118 Å². The second kappa shape index (κ2) is 34.4. The van der Waals surface area contributed by atoms with Gasteiger partial charge in [0.1, 0.15) is 49.8 Å². The van der Waals surface area contributed by atoms with Gasteiger partial charge >= 0.3 is 12.2 Å². The molecule has 0 N–H and O–H groups in total. The standard InChI is InChI=1S/C32H55N7O4Si2.C28H50IN5O4Si2.C11H18N2O2/c1-32(2,3)43-31(40)37-13-11-25(12-14-37)28-19-29(39-30(35-28)27(21-34-39)26-20-33-36(4)22-26)38(23-41-15-17-44(5,6)7)24-42-16-18-45(8,9)10;1-28(2,3)38-27(35)32-12-10-22(11-13-32)24-18-25(34-26(31-24)23(29)19-30-34)33(20-36-14-16-39(4,5)6)21-37-15-17-40(7,8)9;1-10(2)11(3,4)15-9(14-10)8-6-12-13(5)7-8/h19-22,25H,11-18,23-24H2,1-10H3;18-19,22H,10-17,20-21H2,1-9H3;6-7,9H,1-5H3. The topological polar surface area (TPSA) is 217 Å². The molecule has 9 heterocycles. The van der Waals surface area contributed by atoms with Gasteiger partial charge in [-0.25, -0.2) is 19.6 Å². The Balaban J connectivity index is 0.000000233. The van der Waals surface area contributed by atoms with Crippen LogP contribution < -0.4 is 9.80 Å². The maximum Gasteiger partial charge on any atom is 0.410 e. The van der Waals surface area contributed by atoms with Crippen LogP contribution in [0.15, 0.2) is 49.3 Å². The van der Waals surface area contributed by atoms with E-state index in [1.807, 2.05) is 133 Å². The molecule has 2 amide bonds. The van der Waals surface area contributed by atoms with Gasteiger partial charge in [-0.1, -0.05) is 78.6 Å². The largest absolute Gasteiger partial charge is 0.444 e. The summed E-state index contributed by atoms with van der Waals surface area (Å²) in [4.78, 5) is 43.5. The van der Waals surface area contributed by atoms with E-state index in [4.69, 9.17) is 53.0 Å². The van der Waals surface area contributed by atoms with E-state index < -0.39 is 43.5 Å². The summed E-state index contributed by atoms with van der Waals surface area (Å²) in [6.07, 6.45) is 13.8. The molecule has 0 aromatic carbocycles. The number of amides is 2. The molecule has 0 aliphatic carbocycles. The molecule has 3 aliphatic rings. The van der Waals surface area contributed by atoms with Crippen LogP contribution in [0.25, 0.3) is 22.4 Å². The molecule has 24 nitrogen and oxygen atoms in total. The van der Waals surface area contributed by atoms with Gasteiger partial charge in [0.25, 0.3) is 0 Å². The van der Waals surface area contributed by atoms with Crippen molar-refractivity contribution >= 4 is 90.0 Å². The average Bonchev–Trinajstić information content (AvgIpc) is 1.65. The van der Waals surface area contributed by atoms with Gasteiger partial charge in [0, 0.05) is 163 Å². The summed E-state index contributed by atoms with van der Waals surface area (Å²) >= 11 is 2.30. The first-order valence-electron chi connectivity index (χ1n) is 35.9. The number of aryl methyl sites for hydroxylation is 2. The number of carbonyl (C=O) groups is 2. The van der Waals surface area contributed by atoms with Crippen molar-refractivity contribution in [3.8, 4) is 11.1 Å². The van der Waals surface area contributed by atoms with Crippen LogP contribution in [0, 0.1) is 3.57 Å². The van der Waals surface area contributed by atoms with Crippen LogP contribution in [0.3, 0.4) is 0 Å². The summed E-state index contributed by atoms with van der Waals surface area (Å²) < 4.78 is 56.4. The SMILES string of the molecule is CC(C)(C)OC(=O)N1CCC(c2cc(N(COCC[Si](C)(C)C)COCC[Si](C)(C)C)n3ncc(I)c3n2)CC1.Cn1cc(-c2cnn3c(N(COCC[Si](C)(C)C)COCC[Si](C)(C)C)cc(C4CCN(C(=O)OC(C)(C)C)CC4)nc23)cn1.Cn1cc(C2OC(C)(C)C(C)(C)O2)cn1. The van der Waals surface area contributed by atoms with Gasteiger partial charge in [-0.15, -0.1) is 0 Å². The first-order chi connectivity index (χ1) is 46.3. The summed E-state index contributed by atoms with van der Waals surface area (Å²) in [7, 11) is -1.07. The summed E-state index contributed by atoms with van der Waals surface area (Å²) in [5.41, 5.74) is 4.92. The highest BCUT2D eigenvalue weighted by atomic mass is 127. The first kappa shape index (κ1) is 82.4. The molecule has 0 atom stereocenters. The predicted molar refractivity (Wildman–Crippen MR) is 418 cm³/mol. The molecule has 3 fully saturated rings. The maximum atomic E-state index is 12.8. The first-order valence-corrected chi connectivity index (χ1v) is 51.8. The van der Waals surface area contributed by atoms with Crippen LogP contribution >= 0.6 is 22.6 Å². The van der Waals surface area contributed by atoms with E-state index in [1.54, 1.807) is 15.6 Å². The van der Waals surface area contributed by atoms with Gasteiger partial charge in [-0.2, -0.15) is 29.4 Å². The minimum Gasteiger partial charge on any atom is -0.444 e. The van der Waals surface area contributed by atoms with Crippen molar-refractivity contribution in [2.45, 2.75) is 238 Å². The Morgan fingerprint density at radius 2 is 0.890 bits per heavy atom. The number of piperidine rings is 2. The third-order valence-corrected chi connectivity index (χ3v) is 25.5. The lowest BCUT2D eigenvalue weighted by Crippen LogP contribution is -2.41. The molecule has 6 aromatic rings. The number of carbonyl (C=O) groups excluding carboxylic acids is 2. The van der Waals surface area contributed by atoms with Crippen LogP contribution in [-0.2, 0) is 52.0 Å². The molecule has 3 saturated heterocycles. The Hall–Kier alpha value is -4.84. The molecule has 3 aliphatic heterocycles.